The zero-order valence-corrected chi connectivity index (χ0v) is 23.3. The summed E-state index contributed by atoms with van der Waals surface area (Å²) in [7, 11) is -4.40. The van der Waals surface area contributed by atoms with Crippen molar-refractivity contribution in [1.29, 1.82) is 0 Å². The van der Waals surface area contributed by atoms with Crippen molar-refractivity contribution in [3.63, 3.8) is 0 Å². The number of nitrogens with two attached hydrogens (primary N) is 1. The number of carbonyl (C=O) groups is 1. The minimum Gasteiger partial charge on any atom is -0.464 e. The molecule has 3 aromatic rings. The molecule has 0 bridgehead atoms. The Morgan fingerprint density at radius 1 is 1.23 bits per heavy atom. The first-order valence-corrected chi connectivity index (χ1v) is 14.2. The molecule has 0 saturated carbocycles. The fourth-order valence-corrected chi connectivity index (χ4v) is 6.17. The quantitative estimate of drug-likeness (QED) is 0.150. The number of ether oxygens (including phenoxy) is 2. The van der Waals surface area contributed by atoms with Crippen LogP contribution >= 0.6 is 7.44 Å². The normalized spacial score (nSPS) is 15.5. The maximum Gasteiger partial charge on any atom is 0.408 e. The van der Waals surface area contributed by atoms with Crippen LogP contribution in [0.15, 0.2) is 36.9 Å². The van der Waals surface area contributed by atoms with E-state index < -0.39 is 55.0 Å². The summed E-state index contributed by atoms with van der Waals surface area (Å²) < 4.78 is 82.8. The van der Waals surface area contributed by atoms with E-state index in [4.69, 9.17) is 15.2 Å². The van der Waals surface area contributed by atoms with E-state index in [9.17, 15) is 26.9 Å². The number of esters is 1. The van der Waals surface area contributed by atoms with Gasteiger partial charge in [0.1, 0.15) is 35.6 Å². The van der Waals surface area contributed by atoms with Crippen LogP contribution in [-0.2, 0) is 25.4 Å². The smallest absolute Gasteiger partial charge is 0.408 e. The average Bonchev–Trinajstić information content (AvgIpc) is 3.27. The molecule has 3 rings (SSSR count). The van der Waals surface area contributed by atoms with Gasteiger partial charge < -0.3 is 19.8 Å². The molecule has 2 aromatic heterocycles. The van der Waals surface area contributed by atoms with E-state index >= 15 is 0 Å². The maximum absolute atomic E-state index is 14.2. The highest BCUT2D eigenvalue weighted by atomic mass is 31.2. The summed E-state index contributed by atoms with van der Waals surface area (Å²) in [5, 5.41) is 4.61. The lowest BCUT2D eigenvalue weighted by atomic mass is 10.1. The molecule has 220 valence electrons. The highest BCUT2D eigenvalue weighted by Gasteiger charge is 2.47. The number of nitrogen functional groups attached to an aromatic ring is 1. The van der Waals surface area contributed by atoms with Crippen LogP contribution in [0.25, 0.3) is 11.2 Å². The number of nitrogens with one attached hydrogen (secondary N) is 2. The molecule has 40 heavy (non-hydrogen) atoms. The van der Waals surface area contributed by atoms with Crippen LogP contribution in [0.3, 0.4) is 0 Å². The number of carbonyl (C=O) groups excluding carboxylic acids is 1. The van der Waals surface area contributed by atoms with Gasteiger partial charge in [0.15, 0.2) is 11.5 Å². The number of benzene rings is 1. The van der Waals surface area contributed by atoms with Gasteiger partial charge in [0.25, 0.3) is 0 Å². The molecule has 0 saturated heterocycles. The van der Waals surface area contributed by atoms with E-state index in [1.165, 1.54) is 26.5 Å². The molecule has 0 fully saturated rings. The number of halogens is 4. The largest absolute Gasteiger partial charge is 0.464 e. The predicted octanol–water partition coefficient (Wildman–Crippen LogP) is 4.32. The first-order chi connectivity index (χ1) is 18.6. The molecule has 0 radical (unpaired) electrons. The van der Waals surface area contributed by atoms with Crippen molar-refractivity contribution >= 4 is 30.4 Å². The van der Waals surface area contributed by atoms with Crippen LogP contribution < -0.4 is 15.9 Å². The highest BCUT2D eigenvalue weighted by Crippen LogP contribution is 2.46. The zero-order chi connectivity index (χ0) is 29.7. The van der Waals surface area contributed by atoms with Crippen LogP contribution in [0.1, 0.15) is 45.7 Å². The number of fused-ring (bicyclic) bond motifs is 1. The molecule has 3 atom stereocenters. The van der Waals surface area contributed by atoms with Gasteiger partial charge in [-0.15, -0.1) is 0 Å². The van der Waals surface area contributed by atoms with Gasteiger partial charge in [0.05, 0.1) is 25.6 Å². The third-order valence-corrected chi connectivity index (χ3v) is 7.79. The Kier molecular flexibility index (Phi) is 9.88. The second kappa shape index (κ2) is 12.6. The summed E-state index contributed by atoms with van der Waals surface area (Å²) >= 11 is 0. The monoisotopic (exact) mass is 589 g/mol. The number of imidazole rings is 1. The van der Waals surface area contributed by atoms with E-state index in [2.05, 4.69) is 25.1 Å². The minimum atomic E-state index is -4.97. The molecule has 1 unspecified atom stereocenters. The molecular formula is C24H32F4N7O4P. The summed E-state index contributed by atoms with van der Waals surface area (Å²) in [5.41, 5.74) is 4.40. The van der Waals surface area contributed by atoms with Crippen molar-refractivity contribution < 1.29 is 36.4 Å². The Morgan fingerprint density at radius 3 is 2.60 bits per heavy atom. The number of alkyl halides is 3. The molecule has 16 heteroatoms. The van der Waals surface area contributed by atoms with Gasteiger partial charge >= 0.3 is 12.1 Å². The first-order valence-electron chi connectivity index (χ1n) is 12.3. The lowest BCUT2D eigenvalue weighted by Crippen LogP contribution is -2.50. The van der Waals surface area contributed by atoms with Crippen molar-refractivity contribution in [2.45, 2.75) is 64.5 Å². The average molecular weight is 590 g/mol. The number of hydrogen-bond acceptors (Lipinski definition) is 8. The molecular weight excluding hydrogens is 557 g/mol. The Hall–Kier alpha value is -3.13. The van der Waals surface area contributed by atoms with Crippen LogP contribution in [0.4, 0.5) is 23.4 Å². The van der Waals surface area contributed by atoms with Crippen molar-refractivity contribution in [2.75, 3.05) is 18.7 Å². The molecule has 0 aliphatic carbocycles. The lowest BCUT2D eigenvalue weighted by molar-refractivity contribution is -0.153. The van der Waals surface area contributed by atoms with Gasteiger partial charge in [0, 0.05) is 0 Å². The Balaban J connectivity index is 1.87. The van der Waals surface area contributed by atoms with Crippen molar-refractivity contribution in [1.82, 2.24) is 29.7 Å². The van der Waals surface area contributed by atoms with Gasteiger partial charge in [-0.25, -0.2) is 29.5 Å². The molecule has 0 aliphatic heterocycles. The minimum absolute atomic E-state index is 0.0661. The number of hydrogen-bond donors (Lipinski definition) is 3. The lowest BCUT2D eigenvalue weighted by Gasteiger charge is -2.34. The fraction of sp³-hybridized carbons (Fsp3) is 0.500. The third kappa shape index (κ3) is 7.96. The topological polar surface area (TPSA) is 146 Å². The maximum atomic E-state index is 14.2. The van der Waals surface area contributed by atoms with Crippen LogP contribution in [0.2, 0.25) is 0 Å². The molecule has 11 nitrogen and oxygen atoms in total. The predicted molar refractivity (Wildman–Crippen MR) is 140 cm³/mol. The van der Waals surface area contributed by atoms with E-state index in [0.29, 0.717) is 23.7 Å². The fourth-order valence-electron chi connectivity index (χ4n) is 3.80. The Labute approximate surface area is 228 Å². The van der Waals surface area contributed by atoms with Crippen molar-refractivity contribution in [3.8, 4) is 0 Å². The zero-order valence-electron chi connectivity index (χ0n) is 22.4. The highest BCUT2D eigenvalue weighted by molar-refractivity contribution is 7.59. The molecule has 0 spiro atoms. The number of aromatic nitrogens is 4. The molecule has 2 heterocycles. The van der Waals surface area contributed by atoms with E-state index in [-0.39, 0.29) is 19.0 Å². The summed E-state index contributed by atoms with van der Waals surface area (Å²) in [6.45, 7) is 6.23. The molecule has 0 aliphatic rings. The number of rotatable bonds is 13. The number of anilines is 1. The summed E-state index contributed by atoms with van der Waals surface area (Å²) in [6, 6.07) is 1.31. The van der Waals surface area contributed by atoms with E-state index in [1.807, 2.05) is 0 Å². The molecule has 1 aromatic carbocycles. The van der Waals surface area contributed by atoms with E-state index in [1.54, 1.807) is 18.4 Å². The van der Waals surface area contributed by atoms with Gasteiger partial charge in [0.2, 0.25) is 7.44 Å². The van der Waals surface area contributed by atoms with Crippen molar-refractivity contribution in [2.24, 2.45) is 0 Å². The first kappa shape index (κ1) is 31.4. The SMILES string of the molecule is CCCOC(=O)C(C)(C)NP(=O)(CO[C@H](C)Cn1cnc2c(N)ncnc21)N[C@H](c1cccc(F)c1)C(F)(F)F. The second-order valence-electron chi connectivity index (χ2n) is 9.71. The standard InChI is InChI=1S/C24H32F4N7O4P/c1-5-9-38-22(36)23(3,4)34-40(37,33-19(24(26,27)28)16-7-6-8-17(25)10-16)14-39-15(2)11-35-13-32-18-20(29)30-12-31-21(18)35/h6-8,10,12-13,15,19H,5,9,11,14H2,1-4H3,(H2,29,30,31)(H2,33,34,37)/t15-,19-,40?/m1/s1. The molecule has 4 N–H and O–H groups in total. The van der Waals surface area contributed by atoms with Crippen LogP contribution in [0, 0.1) is 5.82 Å². The number of nitrogens with zero attached hydrogens (tertiary/aromatic N) is 4. The second-order valence-corrected chi connectivity index (χ2v) is 11.9. The Bertz CT molecular complexity index is 1370. The Morgan fingerprint density at radius 2 is 1.95 bits per heavy atom. The summed E-state index contributed by atoms with van der Waals surface area (Å²) in [5.74, 6) is -1.55. The van der Waals surface area contributed by atoms with E-state index in [0.717, 1.165) is 18.2 Å². The van der Waals surface area contributed by atoms with Gasteiger partial charge in [-0.3, -0.25) is 9.36 Å². The van der Waals surface area contributed by atoms with Gasteiger partial charge in [-0.05, 0) is 44.9 Å². The summed E-state index contributed by atoms with van der Waals surface area (Å²) in [4.78, 5) is 24.8. The van der Waals surface area contributed by atoms with Crippen molar-refractivity contribution in [3.05, 3.63) is 48.3 Å². The van der Waals surface area contributed by atoms with Crippen LogP contribution in [-0.4, -0.2) is 56.3 Å². The van der Waals surface area contributed by atoms with Crippen LogP contribution in [0.5, 0.6) is 0 Å². The van der Waals surface area contributed by atoms with Gasteiger partial charge in [-0.2, -0.15) is 13.2 Å². The van der Waals surface area contributed by atoms with Gasteiger partial charge in [-0.1, -0.05) is 19.1 Å². The molecule has 0 amide bonds. The third-order valence-electron chi connectivity index (χ3n) is 5.68. The summed E-state index contributed by atoms with van der Waals surface area (Å²) in [6.07, 6.45) is -3.23.